The van der Waals surface area contributed by atoms with Gasteiger partial charge in [0, 0.05) is 0 Å². The molecular formula is C71H137NO10. The van der Waals surface area contributed by atoms with Gasteiger partial charge in [0.2, 0.25) is 5.91 Å². The van der Waals surface area contributed by atoms with Gasteiger partial charge in [0.1, 0.15) is 36.6 Å². The Kier molecular flexibility index (Phi) is 57.4. The van der Waals surface area contributed by atoms with Crippen molar-refractivity contribution >= 4 is 5.91 Å². The number of aliphatic hydroxyl groups is 7. The van der Waals surface area contributed by atoms with Crippen molar-refractivity contribution in [3.63, 3.8) is 0 Å². The van der Waals surface area contributed by atoms with Gasteiger partial charge in [-0.2, -0.15) is 0 Å². The molecule has 1 aliphatic heterocycles. The van der Waals surface area contributed by atoms with Crippen molar-refractivity contribution in [3.05, 3.63) is 24.3 Å². The van der Waals surface area contributed by atoms with E-state index in [0.29, 0.717) is 19.3 Å². The van der Waals surface area contributed by atoms with Crippen LogP contribution in [0, 0.1) is 0 Å². The lowest BCUT2D eigenvalue weighted by Gasteiger charge is -2.40. The zero-order valence-corrected chi connectivity index (χ0v) is 53.8. The third kappa shape index (κ3) is 46.8. The molecule has 0 aliphatic carbocycles. The van der Waals surface area contributed by atoms with Gasteiger partial charge in [-0.3, -0.25) is 4.79 Å². The molecule has 0 radical (unpaired) electrons. The van der Waals surface area contributed by atoms with Crippen LogP contribution in [0.4, 0.5) is 0 Å². The number of unbranched alkanes of at least 4 members (excludes halogenated alkanes) is 47. The van der Waals surface area contributed by atoms with E-state index in [0.717, 1.165) is 51.4 Å². The van der Waals surface area contributed by atoms with Crippen LogP contribution in [-0.2, 0) is 14.3 Å². The first-order valence-electron chi connectivity index (χ1n) is 35.7. The van der Waals surface area contributed by atoms with Crippen LogP contribution in [0.25, 0.3) is 0 Å². The zero-order chi connectivity index (χ0) is 59.6. The van der Waals surface area contributed by atoms with E-state index in [1.165, 1.54) is 263 Å². The number of ether oxygens (including phenoxy) is 2. The predicted molar refractivity (Wildman–Crippen MR) is 344 cm³/mol. The van der Waals surface area contributed by atoms with Gasteiger partial charge >= 0.3 is 0 Å². The molecule has 1 heterocycles. The van der Waals surface area contributed by atoms with Crippen molar-refractivity contribution in [1.29, 1.82) is 0 Å². The molecule has 1 fully saturated rings. The minimum absolute atomic E-state index is 0.258. The molecule has 0 aromatic carbocycles. The lowest BCUT2D eigenvalue weighted by atomic mass is 9.98. The summed E-state index contributed by atoms with van der Waals surface area (Å²) in [5.74, 6) is -0.693. The lowest BCUT2D eigenvalue weighted by molar-refractivity contribution is -0.303. The molecule has 8 N–H and O–H groups in total. The summed E-state index contributed by atoms with van der Waals surface area (Å²) >= 11 is 0. The average molecular weight is 1160 g/mol. The first-order chi connectivity index (χ1) is 40.2. The summed E-state index contributed by atoms with van der Waals surface area (Å²) in [6.07, 6.45) is 64.0. The Bertz CT molecular complexity index is 1380. The number of amides is 1. The molecule has 0 aromatic heterocycles. The first-order valence-corrected chi connectivity index (χ1v) is 35.7. The highest BCUT2D eigenvalue weighted by Gasteiger charge is 2.44. The molecular weight excluding hydrogens is 1030 g/mol. The Morgan fingerprint density at radius 2 is 0.744 bits per heavy atom. The van der Waals surface area contributed by atoms with Crippen molar-refractivity contribution in [2.45, 2.75) is 409 Å². The molecule has 9 atom stereocenters. The molecule has 1 saturated heterocycles. The fourth-order valence-electron chi connectivity index (χ4n) is 11.8. The maximum Gasteiger partial charge on any atom is 0.249 e. The van der Waals surface area contributed by atoms with Crippen LogP contribution >= 0.6 is 0 Å². The number of nitrogens with one attached hydrogen (secondary N) is 1. The maximum absolute atomic E-state index is 13.3. The highest BCUT2D eigenvalue weighted by atomic mass is 16.7. The van der Waals surface area contributed by atoms with Crippen molar-refractivity contribution in [1.82, 2.24) is 5.32 Å². The standard InChI is InChI=1S/C71H137NO10/c1-3-5-7-9-11-13-15-17-19-21-23-25-27-29-31-32-33-35-36-38-40-42-44-46-48-50-52-54-56-58-63(74)66(76)62(61-81-71-69(79)68(78)67(77)65(60-73)82-71)72-70(80)64(75)59-57-55-53-51-49-47-45-43-41-39-37-34-30-28-26-24-22-20-18-16-14-12-10-8-6-4-2/h24,26,30,34,62-69,71,73-79H,3-23,25,27-29,31-33,35-61H2,1-2H3,(H,72,80)/b26-24-,34-30-. The molecule has 0 aromatic rings. The minimum Gasteiger partial charge on any atom is -0.394 e. The summed E-state index contributed by atoms with van der Waals surface area (Å²) in [7, 11) is 0. The van der Waals surface area contributed by atoms with Gasteiger partial charge in [0.25, 0.3) is 0 Å². The smallest absolute Gasteiger partial charge is 0.249 e. The highest BCUT2D eigenvalue weighted by molar-refractivity contribution is 5.80. The maximum atomic E-state index is 13.3. The largest absolute Gasteiger partial charge is 0.394 e. The van der Waals surface area contributed by atoms with Gasteiger partial charge in [-0.05, 0) is 44.9 Å². The zero-order valence-electron chi connectivity index (χ0n) is 53.8. The van der Waals surface area contributed by atoms with Crippen LogP contribution < -0.4 is 5.32 Å². The molecule has 1 aliphatic rings. The molecule has 0 spiro atoms. The minimum atomic E-state index is -1.66. The Balaban J connectivity index is 2.20. The normalized spacial score (nSPS) is 19.2. The van der Waals surface area contributed by atoms with Gasteiger partial charge in [0.15, 0.2) is 6.29 Å². The summed E-state index contributed by atoms with van der Waals surface area (Å²) in [4.78, 5) is 13.3. The second-order valence-electron chi connectivity index (χ2n) is 25.3. The predicted octanol–water partition coefficient (Wildman–Crippen LogP) is 17.2. The lowest BCUT2D eigenvalue weighted by Crippen LogP contribution is -2.60. The first kappa shape index (κ1) is 78.6. The van der Waals surface area contributed by atoms with E-state index in [9.17, 15) is 40.5 Å². The summed E-state index contributed by atoms with van der Waals surface area (Å²) in [5.41, 5.74) is 0. The number of carbonyl (C=O) groups is 1. The van der Waals surface area contributed by atoms with Gasteiger partial charge in [-0.15, -0.1) is 0 Å². The SMILES string of the molecule is CCCCCCCCCCC/C=C\C/C=C\CCCCCCCCCCCCC(O)C(=O)NC(COC1OC(CO)C(O)C(O)C1O)C(O)C(O)CCCCCCCCCCCCCCCCCCCCCCCCCCCCCCC. The topological polar surface area (TPSA) is 189 Å². The second kappa shape index (κ2) is 59.9. The molecule has 0 saturated carbocycles. The number of rotatable bonds is 63. The Morgan fingerprint density at radius 1 is 0.427 bits per heavy atom. The van der Waals surface area contributed by atoms with E-state index in [4.69, 9.17) is 9.47 Å². The second-order valence-corrected chi connectivity index (χ2v) is 25.3. The molecule has 11 nitrogen and oxygen atoms in total. The van der Waals surface area contributed by atoms with Gasteiger partial charge in [0.05, 0.1) is 25.4 Å². The Hall–Kier alpha value is -1.41. The van der Waals surface area contributed by atoms with Crippen LogP contribution in [0.3, 0.4) is 0 Å². The van der Waals surface area contributed by atoms with Crippen LogP contribution in [0.1, 0.15) is 354 Å². The Labute approximate surface area is 505 Å². The van der Waals surface area contributed by atoms with E-state index in [2.05, 4.69) is 43.5 Å². The fourth-order valence-corrected chi connectivity index (χ4v) is 11.8. The van der Waals surface area contributed by atoms with Crippen molar-refractivity contribution in [2.75, 3.05) is 13.2 Å². The van der Waals surface area contributed by atoms with E-state index in [1.54, 1.807) is 0 Å². The van der Waals surface area contributed by atoms with E-state index < -0.39 is 74.2 Å². The van der Waals surface area contributed by atoms with Gasteiger partial charge < -0.3 is 50.5 Å². The molecule has 0 bridgehead atoms. The van der Waals surface area contributed by atoms with E-state index in [1.807, 2.05) is 0 Å². The van der Waals surface area contributed by atoms with Gasteiger partial charge in [-0.1, -0.05) is 334 Å². The summed E-state index contributed by atoms with van der Waals surface area (Å²) in [5, 5.41) is 76.6. The summed E-state index contributed by atoms with van der Waals surface area (Å²) in [6.45, 7) is 3.51. The number of aliphatic hydroxyl groups excluding tert-OH is 7. The Morgan fingerprint density at radius 3 is 1.09 bits per heavy atom. The van der Waals surface area contributed by atoms with E-state index in [-0.39, 0.29) is 6.42 Å². The average Bonchev–Trinajstić information content (AvgIpc) is 3.53. The monoisotopic (exact) mass is 1160 g/mol. The van der Waals surface area contributed by atoms with Gasteiger partial charge in [-0.25, -0.2) is 0 Å². The highest BCUT2D eigenvalue weighted by Crippen LogP contribution is 2.24. The van der Waals surface area contributed by atoms with Crippen molar-refractivity contribution in [3.8, 4) is 0 Å². The van der Waals surface area contributed by atoms with Crippen molar-refractivity contribution in [2.24, 2.45) is 0 Å². The molecule has 486 valence electrons. The van der Waals surface area contributed by atoms with Crippen LogP contribution in [0.15, 0.2) is 24.3 Å². The molecule has 82 heavy (non-hydrogen) atoms. The molecule has 9 unspecified atom stereocenters. The number of allylic oxidation sites excluding steroid dienone is 4. The van der Waals surface area contributed by atoms with Crippen molar-refractivity contribution < 1.29 is 50.0 Å². The number of hydrogen-bond donors (Lipinski definition) is 8. The molecule has 1 rings (SSSR count). The molecule has 1 amide bonds. The fraction of sp³-hybridized carbons (Fsp3) is 0.930. The van der Waals surface area contributed by atoms with Crippen LogP contribution in [0.2, 0.25) is 0 Å². The number of carbonyl (C=O) groups excluding carboxylic acids is 1. The third-order valence-corrected chi connectivity index (χ3v) is 17.5. The summed E-state index contributed by atoms with van der Waals surface area (Å²) in [6, 6.07) is -1.17. The number of hydrogen-bond acceptors (Lipinski definition) is 10. The quantitative estimate of drug-likeness (QED) is 0.0215. The molecule has 11 heteroatoms. The van der Waals surface area contributed by atoms with Crippen LogP contribution in [-0.4, -0.2) is 110 Å². The summed E-state index contributed by atoms with van der Waals surface area (Å²) < 4.78 is 11.2. The van der Waals surface area contributed by atoms with E-state index >= 15 is 0 Å². The van der Waals surface area contributed by atoms with Crippen LogP contribution in [0.5, 0.6) is 0 Å². The third-order valence-electron chi connectivity index (χ3n) is 17.5.